The summed E-state index contributed by atoms with van der Waals surface area (Å²) in [5, 5.41) is 2.17. The lowest BCUT2D eigenvalue weighted by molar-refractivity contribution is 0.0871. The van der Waals surface area contributed by atoms with Gasteiger partial charge in [0.05, 0.1) is 0 Å². The summed E-state index contributed by atoms with van der Waals surface area (Å²) in [5.74, 6) is 0.975. The van der Waals surface area contributed by atoms with Gasteiger partial charge in [-0.15, -0.1) is 11.3 Å². The molecule has 0 spiro atoms. The third-order valence-electron chi connectivity index (χ3n) is 2.73. The molecule has 1 aliphatic rings. The van der Waals surface area contributed by atoms with Crippen LogP contribution < -0.4 is 0 Å². The maximum absolute atomic E-state index is 3.49. The van der Waals surface area contributed by atoms with Crippen LogP contribution in [-0.4, -0.2) is 18.0 Å². The van der Waals surface area contributed by atoms with Crippen molar-refractivity contribution in [3.05, 3.63) is 20.8 Å². The van der Waals surface area contributed by atoms with E-state index in [2.05, 4.69) is 39.2 Å². The first kappa shape index (κ1) is 10.7. The minimum Gasteiger partial charge on any atom is -0.298 e. The quantitative estimate of drug-likeness (QED) is 0.808. The summed E-state index contributed by atoms with van der Waals surface area (Å²) in [4.78, 5) is 4.02. The second-order valence-electron chi connectivity index (χ2n) is 4.08. The highest BCUT2D eigenvalue weighted by Crippen LogP contribution is 2.26. The van der Waals surface area contributed by atoms with Gasteiger partial charge in [-0.05, 0) is 34.3 Å². The topological polar surface area (TPSA) is 3.24 Å². The van der Waals surface area contributed by atoms with E-state index in [0.29, 0.717) is 0 Å². The summed E-state index contributed by atoms with van der Waals surface area (Å²) >= 11 is 5.34. The molecule has 1 nitrogen and oxygen atoms in total. The molecule has 0 unspecified atom stereocenters. The Morgan fingerprint density at radius 2 is 2.36 bits per heavy atom. The molecular formula is C11H16BrNS. The van der Waals surface area contributed by atoms with Crippen molar-refractivity contribution in [1.82, 2.24) is 4.90 Å². The Labute approximate surface area is 98.2 Å². The van der Waals surface area contributed by atoms with Crippen molar-refractivity contribution >= 4 is 27.3 Å². The van der Waals surface area contributed by atoms with Gasteiger partial charge in [0.1, 0.15) is 0 Å². The highest BCUT2D eigenvalue weighted by molar-refractivity contribution is 9.10. The van der Waals surface area contributed by atoms with Gasteiger partial charge in [0, 0.05) is 34.4 Å². The Morgan fingerprint density at radius 3 is 2.93 bits per heavy atom. The van der Waals surface area contributed by atoms with Gasteiger partial charge in [0.2, 0.25) is 0 Å². The van der Waals surface area contributed by atoms with Crippen molar-refractivity contribution in [3.8, 4) is 0 Å². The average Bonchev–Trinajstić information content (AvgIpc) is 2.48. The second-order valence-corrected chi connectivity index (χ2v) is 5.99. The number of thiophene rings is 1. The van der Waals surface area contributed by atoms with Gasteiger partial charge in [-0.3, -0.25) is 4.90 Å². The highest BCUT2D eigenvalue weighted by Gasteiger charge is 2.25. The first-order valence-corrected chi connectivity index (χ1v) is 6.90. The van der Waals surface area contributed by atoms with E-state index in [4.69, 9.17) is 0 Å². The average molecular weight is 274 g/mol. The fraction of sp³-hybridized carbons (Fsp3) is 0.636. The maximum Gasteiger partial charge on any atom is 0.0328 e. The molecule has 2 rings (SSSR count). The molecule has 0 saturated carbocycles. The Hall–Kier alpha value is 0.140. The molecule has 0 radical (unpaired) electrons. The van der Waals surface area contributed by atoms with Gasteiger partial charge >= 0.3 is 0 Å². The van der Waals surface area contributed by atoms with Crippen molar-refractivity contribution < 1.29 is 0 Å². The minimum absolute atomic E-state index is 0.975. The molecule has 14 heavy (non-hydrogen) atoms. The van der Waals surface area contributed by atoms with Crippen LogP contribution in [0.2, 0.25) is 0 Å². The third kappa shape index (κ3) is 2.59. The SMILES string of the molecule is CCCC1CN(Cc2cc(Br)cs2)C1. The van der Waals surface area contributed by atoms with Crippen LogP contribution >= 0.6 is 27.3 Å². The molecule has 3 heteroatoms. The predicted molar refractivity (Wildman–Crippen MR) is 65.7 cm³/mol. The lowest BCUT2D eigenvalue weighted by Gasteiger charge is -2.39. The van der Waals surface area contributed by atoms with Crippen molar-refractivity contribution in [1.29, 1.82) is 0 Å². The smallest absolute Gasteiger partial charge is 0.0328 e. The summed E-state index contributed by atoms with van der Waals surface area (Å²) < 4.78 is 1.23. The van der Waals surface area contributed by atoms with E-state index < -0.39 is 0 Å². The molecule has 1 aliphatic heterocycles. The Balaban J connectivity index is 1.74. The predicted octanol–water partition coefficient (Wildman–Crippen LogP) is 3.74. The Kier molecular flexibility index (Phi) is 3.63. The number of likely N-dealkylation sites (tertiary alicyclic amines) is 1. The van der Waals surface area contributed by atoms with Crippen molar-refractivity contribution in [2.45, 2.75) is 26.3 Å². The van der Waals surface area contributed by atoms with Crippen molar-refractivity contribution in [2.75, 3.05) is 13.1 Å². The zero-order valence-electron chi connectivity index (χ0n) is 8.50. The molecule has 1 aromatic heterocycles. The van der Waals surface area contributed by atoms with Gasteiger partial charge in [-0.2, -0.15) is 0 Å². The molecule has 78 valence electrons. The van der Waals surface area contributed by atoms with E-state index in [-0.39, 0.29) is 0 Å². The number of hydrogen-bond donors (Lipinski definition) is 0. The Morgan fingerprint density at radius 1 is 1.57 bits per heavy atom. The lowest BCUT2D eigenvalue weighted by atomic mass is 9.95. The maximum atomic E-state index is 3.49. The molecule has 0 amide bonds. The molecule has 0 atom stereocenters. The van der Waals surface area contributed by atoms with Crippen LogP contribution in [0.5, 0.6) is 0 Å². The van der Waals surface area contributed by atoms with Crippen LogP contribution in [-0.2, 0) is 6.54 Å². The fourth-order valence-electron chi connectivity index (χ4n) is 2.05. The molecule has 0 aromatic carbocycles. The van der Waals surface area contributed by atoms with Crippen LogP contribution in [0.3, 0.4) is 0 Å². The molecule has 0 N–H and O–H groups in total. The summed E-state index contributed by atoms with van der Waals surface area (Å²) in [6.45, 7) is 6.04. The fourth-order valence-corrected chi connectivity index (χ4v) is 3.55. The summed E-state index contributed by atoms with van der Waals surface area (Å²) in [7, 11) is 0. The van der Waals surface area contributed by atoms with E-state index in [1.54, 1.807) is 0 Å². The van der Waals surface area contributed by atoms with Crippen LogP contribution in [0.4, 0.5) is 0 Å². The number of halogens is 1. The van der Waals surface area contributed by atoms with Crippen LogP contribution in [0.1, 0.15) is 24.6 Å². The van der Waals surface area contributed by atoms with E-state index in [0.717, 1.165) is 12.5 Å². The third-order valence-corrected chi connectivity index (χ3v) is 4.41. The molecule has 0 bridgehead atoms. The van der Waals surface area contributed by atoms with Gasteiger partial charge in [-0.25, -0.2) is 0 Å². The summed E-state index contributed by atoms with van der Waals surface area (Å²) in [5.41, 5.74) is 0. The second kappa shape index (κ2) is 4.77. The van der Waals surface area contributed by atoms with Gasteiger partial charge in [0.15, 0.2) is 0 Å². The zero-order chi connectivity index (χ0) is 9.97. The van der Waals surface area contributed by atoms with E-state index >= 15 is 0 Å². The highest BCUT2D eigenvalue weighted by atomic mass is 79.9. The molecule has 1 fully saturated rings. The van der Waals surface area contributed by atoms with Gasteiger partial charge in [-0.1, -0.05) is 13.3 Å². The zero-order valence-corrected chi connectivity index (χ0v) is 10.9. The van der Waals surface area contributed by atoms with Crippen molar-refractivity contribution in [2.24, 2.45) is 5.92 Å². The molecule has 0 aliphatic carbocycles. The Bertz CT molecular complexity index is 291. The largest absolute Gasteiger partial charge is 0.298 e. The van der Waals surface area contributed by atoms with E-state index in [9.17, 15) is 0 Å². The number of hydrogen-bond acceptors (Lipinski definition) is 2. The van der Waals surface area contributed by atoms with Gasteiger partial charge in [0.25, 0.3) is 0 Å². The van der Waals surface area contributed by atoms with Crippen LogP contribution in [0.25, 0.3) is 0 Å². The normalized spacial score (nSPS) is 18.4. The van der Waals surface area contributed by atoms with E-state index in [1.807, 2.05) is 11.3 Å². The minimum atomic E-state index is 0.975. The van der Waals surface area contributed by atoms with Crippen LogP contribution in [0.15, 0.2) is 15.9 Å². The molecule has 1 saturated heterocycles. The lowest BCUT2D eigenvalue weighted by Crippen LogP contribution is -2.45. The molecular weight excluding hydrogens is 258 g/mol. The standard InChI is InChI=1S/C11H16BrNS/c1-2-3-9-5-13(6-9)7-11-4-10(12)8-14-11/h4,8-9H,2-3,5-7H2,1H3. The van der Waals surface area contributed by atoms with Crippen molar-refractivity contribution in [3.63, 3.8) is 0 Å². The van der Waals surface area contributed by atoms with E-state index in [1.165, 1.54) is 35.3 Å². The van der Waals surface area contributed by atoms with Crippen LogP contribution in [0, 0.1) is 5.92 Å². The number of nitrogens with zero attached hydrogens (tertiary/aromatic N) is 1. The summed E-state index contributed by atoms with van der Waals surface area (Å²) in [6.07, 6.45) is 2.74. The first-order valence-electron chi connectivity index (χ1n) is 5.23. The molecule has 2 heterocycles. The number of rotatable bonds is 4. The summed E-state index contributed by atoms with van der Waals surface area (Å²) in [6, 6.07) is 2.23. The molecule has 1 aromatic rings. The first-order chi connectivity index (χ1) is 6.78. The van der Waals surface area contributed by atoms with Gasteiger partial charge < -0.3 is 0 Å². The monoisotopic (exact) mass is 273 g/mol.